The number of rotatable bonds is 7. The van der Waals surface area contributed by atoms with Crippen molar-refractivity contribution < 1.29 is 24.1 Å². The van der Waals surface area contributed by atoms with Gasteiger partial charge in [0.1, 0.15) is 22.8 Å². The Labute approximate surface area is 218 Å². The number of ether oxygens (including phenoxy) is 2. The molecule has 1 aromatic heterocycles. The Morgan fingerprint density at radius 2 is 1.55 bits per heavy atom. The van der Waals surface area contributed by atoms with Gasteiger partial charge in [0.2, 0.25) is 11.8 Å². The molecule has 1 saturated heterocycles. The predicted octanol–water partition coefficient (Wildman–Crippen LogP) is 6.04. The number of hydrogen-bond acceptors (Lipinski definition) is 6. The number of halogens is 1. The Morgan fingerprint density at radius 1 is 0.895 bits per heavy atom. The van der Waals surface area contributed by atoms with Crippen molar-refractivity contribution in [1.82, 2.24) is 4.57 Å². The molecule has 38 heavy (non-hydrogen) atoms. The zero-order chi connectivity index (χ0) is 26.5. The average Bonchev–Trinajstić information content (AvgIpc) is 3.54. The zero-order valence-electron chi connectivity index (χ0n) is 20.4. The van der Waals surface area contributed by atoms with Crippen LogP contribution in [0, 0.1) is 28.5 Å². The second kappa shape index (κ2) is 8.79. The first kappa shape index (κ1) is 23.8. The van der Waals surface area contributed by atoms with Crippen molar-refractivity contribution >= 4 is 10.8 Å². The monoisotopic (exact) mass is 509 g/mol. The first-order chi connectivity index (χ1) is 18.4. The van der Waals surface area contributed by atoms with E-state index in [1.807, 2.05) is 24.3 Å². The van der Waals surface area contributed by atoms with Crippen LogP contribution < -0.4 is 4.74 Å². The minimum atomic E-state index is -0.917. The third kappa shape index (κ3) is 3.42. The topological polar surface area (TPSA) is 111 Å². The molecule has 3 aromatic carbocycles. The summed E-state index contributed by atoms with van der Waals surface area (Å²) in [4.78, 5) is 0. The molecular weight excluding hydrogens is 485 g/mol. The van der Waals surface area contributed by atoms with Crippen molar-refractivity contribution in [2.75, 3.05) is 6.61 Å². The van der Waals surface area contributed by atoms with Crippen molar-refractivity contribution in [3.05, 3.63) is 83.2 Å². The van der Waals surface area contributed by atoms with E-state index in [0.29, 0.717) is 64.6 Å². The Balaban J connectivity index is 1.46. The van der Waals surface area contributed by atoms with Crippen LogP contribution in [0.1, 0.15) is 48.8 Å². The second-order valence-electron chi connectivity index (χ2n) is 9.82. The summed E-state index contributed by atoms with van der Waals surface area (Å²) in [6.07, 6.45) is 2.17. The molecule has 2 aliphatic heterocycles. The molecule has 8 heteroatoms. The smallest absolute Gasteiger partial charge is 0.205 e. The van der Waals surface area contributed by atoms with Crippen molar-refractivity contribution in [2.45, 2.75) is 43.3 Å². The van der Waals surface area contributed by atoms with Gasteiger partial charge in [-0.15, -0.1) is 0 Å². The van der Waals surface area contributed by atoms with Crippen LogP contribution in [-0.4, -0.2) is 21.4 Å². The Hall–Kier alpha value is -4.53. The highest BCUT2D eigenvalue weighted by Gasteiger charge is 2.63. The number of nitriles is 2. The molecule has 2 atom stereocenters. The summed E-state index contributed by atoms with van der Waals surface area (Å²) in [5.74, 6) is -0.0997. The van der Waals surface area contributed by atoms with Crippen LogP contribution in [0.15, 0.2) is 60.7 Å². The van der Waals surface area contributed by atoms with Gasteiger partial charge < -0.3 is 19.7 Å². The van der Waals surface area contributed by atoms with Crippen LogP contribution in [0.3, 0.4) is 0 Å². The van der Waals surface area contributed by atoms with E-state index in [0.717, 1.165) is 0 Å². The van der Waals surface area contributed by atoms with E-state index in [9.17, 15) is 25.1 Å². The van der Waals surface area contributed by atoms with Crippen LogP contribution in [-0.2, 0) is 15.9 Å². The lowest BCUT2D eigenvalue weighted by atomic mass is 9.75. The van der Waals surface area contributed by atoms with Gasteiger partial charge in [-0.1, -0.05) is 24.3 Å². The van der Waals surface area contributed by atoms with Crippen molar-refractivity contribution in [2.24, 2.45) is 0 Å². The molecule has 3 heterocycles. The van der Waals surface area contributed by atoms with Crippen LogP contribution in [0.2, 0.25) is 0 Å². The lowest BCUT2D eigenvalue weighted by Crippen LogP contribution is -2.26. The van der Waals surface area contributed by atoms with Crippen molar-refractivity contribution in [3.8, 4) is 35.3 Å². The van der Waals surface area contributed by atoms with Gasteiger partial charge in [-0.3, -0.25) is 4.57 Å². The van der Waals surface area contributed by atoms with Gasteiger partial charge in [-0.25, -0.2) is 4.39 Å². The van der Waals surface area contributed by atoms with E-state index < -0.39 is 11.2 Å². The van der Waals surface area contributed by atoms with Crippen LogP contribution >= 0.6 is 0 Å². The molecule has 0 unspecified atom stereocenters. The lowest BCUT2D eigenvalue weighted by Gasteiger charge is -2.27. The number of hydrogen-bond donors (Lipinski definition) is 2. The number of aromatic nitrogens is 1. The molecule has 2 N–H and O–H groups in total. The molecule has 0 aliphatic carbocycles. The Kier molecular flexibility index (Phi) is 5.52. The SMILES string of the molecule is N#CCC[C@@]12CC[C@@](CCOc3ccc(F)cc3)(O1)c1c2c(O)n(-c2ccc(C#N)c3ccccc23)c1O. The highest BCUT2D eigenvalue weighted by Crippen LogP contribution is 2.67. The zero-order valence-corrected chi connectivity index (χ0v) is 20.4. The molecule has 0 radical (unpaired) electrons. The van der Waals surface area contributed by atoms with E-state index >= 15 is 0 Å². The summed E-state index contributed by atoms with van der Waals surface area (Å²) in [5.41, 5.74) is 0.223. The average molecular weight is 510 g/mol. The molecule has 2 bridgehead atoms. The fourth-order valence-corrected chi connectivity index (χ4v) is 6.17. The highest BCUT2D eigenvalue weighted by atomic mass is 19.1. The first-order valence-electron chi connectivity index (χ1n) is 12.5. The maximum absolute atomic E-state index is 13.3. The minimum absolute atomic E-state index is 0.132. The summed E-state index contributed by atoms with van der Waals surface area (Å²) < 4.78 is 27.2. The van der Waals surface area contributed by atoms with E-state index in [2.05, 4.69) is 12.1 Å². The standard InChI is InChI=1S/C30H24FN3O4/c31-20-7-9-21(10-8-20)37-17-15-30-14-13-29(38-30,12-3-16-32)25-26(30)28(36)34(27(25)35)24-11-6-19(18-33)22-4-1-2-5-23(22)24/h1-2,4-11,35-36H,3,12-15,17H2/t29-,30-/m0/s1. The predicted molar refractivity (Wildman–Crippen MR) is 136 cm³/mol. The maximum atomic E-state index is 13.3. The van der Waals surface area contributed by atoms with Crippen molar-refractivity contribution in [3.63, 3.8) is 0 Å². The number of benzene rings is 3. The third-order valence-electron chi connectivity index (χ3n) is 7.85. The molecule has 0 saturated carbocycles. The number of nitrogens with zero attached hydrogens (tertiary/aromatic N) is 3. The molecule has 0 spiro atoms. The van der Waals surface area contributed by atoms with Crippen LogP contribution in [0.5, 0.6) is 17.5 Å². The van der Waals surface area contributed by atoms with Gasteiger partial charge in [0.05, 0.1) is 41.1 Å². The molecule has 7 nitrogen and oxygen atoms in total. The van der Waals surface area contributed by atoms with Crippen LogP contribution in [0.4, 0.5) is 4.39 Å². The summed E-state index contributed by atoms with van der Waals surface area (Å²) in [6.45, 7) is 0.241. The third-order valence-corrected chi connectivity index (χ3v) is 7.85. The number of fused-ring (bicyclic) bond motifs is 6. The molecular formula is C30H24FN3O4. The van der Waals surface area contributed by atoms with Gasteiger partial charge in [-0.05, 0) is 55.7 Å². The van der Waals surface area contributed by atoms with E-state index in [-0.39, 0.29) is 30.6 Å². The molecule has 4 aromatic rings. The van der Waals surface area contributed by atoms with E-state index in [4.69, 9.17) is 9.47 Å². The summed E-state index contributed by atoms with van der Waals surface area (Å²) in [6, 6.07) is 20.9. The maximum Gasteiger partial charge on any atom is 0.205 e. The van der Waals surface area contributed by atoms with Gasteiger partial charge >= 0.3 is 0 Å². The molecule has 0 amide bonds. The van der Waals surface area contributed by atoms with Gasteiger partial charge in [0.25, 0.3) is 0 Å². The highest BCUT2D eigenvalue weighted by molar-refractivity contribution is 5.95. The fourth-order valence-electron chi connectivity index (χ4n) is 6.17. The quantitative estimate of drug-likeness (QED) is 0.314. The van der Waals surface area contributed by atoms with Gasteiger partial charge in [-0.2, -0.15) is 10.5 Å². The van der Waals surface area contributed by atoms with Crippen LogP contribution in [0.25, 0.3) is 16.5 Å². The summed E-state index contributed by atoms with van der Waals surface area (Å²) >= 11 is 0. The summed E-state index contributed by atoms with van der Waals surface area (Å²) in [7, 11) is 0. The second-order valence-corrected chi connectivity index (χ2v) is 9.82. The Bertz CT molecular complexity index is 1650. The molecule has 1 fully saturated rings. The fraction of sp³-hybridized carbons (Fsp3) is 0.267. The molecule has 2 aliphatic rings. The van der Waals surface area contributed by atoms with Crippen molar-refractivity contribution in [1.29, 1.82) is 10.5 Å². The van der Waals surface area contributed by atoms with Gasteiger partial charge in [0, 0.05) is 23.6 Å². The van der Waals surface area contributed by atoms with E-state index in [1.54, 1.807) is 24.3 Å². The van der Waals surface area contributed by atoms with E-state index in [1.165, 1.54) is 16.7 Å². The molecule has 6 rings (SSSR count). The van der Waals surface area contributed by atoms with Gasteiger partial charge in [0.15, 0.2) is 0 Å². The number of aromatic hydroxyl groups is 2. The summed E-state index contributed by atoms with van der Waals surface area (Å²) in [5, 5.41) is 43.6. The largest absolute Gasteiger partial charge is 0.494 e. The molecule has 190 valence electrons. The lowest BCUT2D eigenvalue weighted by molar-refractivity contribution is -0.100. The Morgan fingerprint density at radius 3 is 2.21 bits per heavy atom. The normalized spacial score (nSPS) is 21.2. The minimum Gasteiger partial charge on any atom is -0.494 e. The first-order valence-corrected chi connectivity index (χ1v) is 12.5.